The fourth-order valence-electron chi connectivity index (χ4n) is 3.61. The molecular weight excluding hydrogens is 388 g/mol. The first kappa shape index (κ1) is 19.9. The Kier molecular flexibility index (Phi) is 5.40. The monoisotopic (exact) mass is 406 g/mol. The van der Waals surface area contributed by atoms with Crippen molar-refractivity contribution >= 4 is 10.8 Å². The van der Waals surface area contributed by atoms with Gasteiger partial charge in [0, 0.05) is 10.9 Å². The summed E-state index contributed by atoms with van der Waals surface area (Å²) in [5.41, 5.74) is 1.22. The second kappa shape index (κ2) is 8.15. The molecule has 4 aromatic rings. The first-order valence-electron chi connectivity index (χ1n) is 9.55. The predicted molar refractivity (Wildman–Crippen MR) is 113 cm³/mol. The molecule has 0 aromatic heterocycles. The van der Waals surface area contributed by atoms with Crippen LogP contribution in [0.25, 0.3) is 33.0 Å². The molecule has 0 saturated heterocycles. The number of fused-ring (bicyclic) bond motifs is 1. The van der Waals surface area contributed by atoms with Gasteiger partial charge >= 0.3 is 0 Å². The van der Waals surface area contributed by atoms with E-state index in [9.17, 15) is 13.2 Å². The molecule has 0 saturated carbocycles. The molecule has 150 valence electrons. The van der Waals surface area contributed by atoms with E-state index >= 15 is 4.39 Å². The minimum Gasteiger partial charge on any atom is -0.207 e. The number of allylic oxidation sites excluding steroid dienone is 1. The fraction of sp³-hybridized carbons (Fsp3) is 0.0769. The molecule has 0 heterocycles. The quantitative estimate of drug-likeness (QED) is 0.234. The molecule has 0 bridgehead atoms. The van der Waals surface area contributed by atoms with E-state index in [4.69, 9.17) is 0 Å². The van der Waals surface area contributed by atoms with Crippen LogP contribution in [0.2, 0.25) is 0 Å². The molecule has 0 aliphatic heterocycles. The molecule has 0 fully saturated rings. The Morgan fingerprint density at radius 3 is 2.10 bits per heavy atom. The zero-order valence-corrected chi connectivity index (χ0v) is 16.1. The average molecular weight is 406 g/mol. The number of hydrogen-bond acceptors (Lipinski definition) is 0. The molecule has 0 aliphatic carbocycles. The van der Waals surface area contributed by atoms with Gasteiger partial charge in [-0.2, -0.15) is 0 Å². The lowest BCUT2D eigenvalue weighted by molar-refractivity contribution is 0.589. The summed E-state index contributed by atoms with van der Waals surface area (Å²) in [5.74, 6) is -2.70. The standard InChI is InChI=1S/C26H18F4/c1-2-3-4-16-5-11-21-18(13-16)8-12-22(26(21)30)19-14-23(28)25(24(29)15-19)17-6-9-20(27)10-7-17/h2,5-15H,1,3-4H2. The van der Waals surface area contributed by atoms with E-state index in [-0.39, 0.29) is 22.3 Å². The first-order valence-corrected chi connectivity index (χ1v) is 9.55. The van der Waals surface area contributed by atoms with E-state index < -0.39 is 23.3 Å². The number of rotatable bonds is 5. The third kappa shape index (κ3) is 3.73. The van der Waals surface area contributed by atoms with Crippen LogP contribution in [0.5, 0.6) is 0 Å². The summed E-state index contributed by atoms with van der Waals surface area (Å²) < 4.78 is 57.8. The number of benzene rings is 4. The maximum Gasteiger partial charge on any atom is 0.138 e. The van der Waals surface area contributed by atoms with Gasteiger partial charge in [0.05, 0.1) is 5.56 Å². The highest BCUT2D eigenvalue weighted by molar-refractivity contribution is 5.89. The van der Waals surface area contributed by atoms with Gasteiger partial charge in [-0.3, -0.25) is 0 Å². The Balaban J connectivity index is 1.77. The Hall–Kier alpha value is -3.40. The van der Waals surface area contributed by atoms with Gasteiger partial charge in [-0.15, -0.1) is 6.58 Å². The third-order valence-corrected chi connectivity index (χ3v) is 5.14. The van der Waals surface area contributed by atoms with Gasteiger partial charge in [-0.05, 0) is 59.2 Å². The summed E-state index contributed by atoms with van der Waals surface area (Å²) in [6.45, 7) is 3.70. The van der Waals surface area contributed by atoms with Gasteiger partial charge in [-0.25, -0.2) is 17.6 Å². The highest BCUT2D eigenvalue weighted by atomic mass is 19.1. The molecule has 30 heavy (non-hydrogen) atoms. The van der Waals surface area contributed by atoms with Crippen LogP contribution in [0.3, 0.4) is 0 Å². The van der Waals surface area contributed by atoms with Gasteiger partial charge in [0.1, 0.15) is 23.3 Å². The van der Waals surface area contributed by atoms with E-state index in [0.29, 0.717) is 5.39 Å². The third-order valence-electron chi connectivity index (χ3n) is 5.14. The van der Waals surface area contributed by atoms with Gasteiger partial charge in [0.15, 0.2) is 0 Å². The Labute approximate surface area is 172 Å². The van der Waals surface area contributed by atoms with E-state index in [0.717, 1.165) is 48.1 Å². The van der Waals surface area contributed by atoms with Gasteiger partial charge < -0.3 is 0 Å². The SMILES string of the molecule is C=CCCc1ccc2c(F)c(-c3cc(F)c(-c4ccc(F)cc4)c(F)c3)ccc2c1. The molecule has 0 amide bonds. The largest absolute Gasteiger partial charge is 0.207 e. The Bertz CT molecular complexity index is 1220. The molecule has 4 aromatic carbocycles. The zero-order valence-electron chi connectivity index (χ0n) is 16.1. The van der Waals surface area contributed by atoms with Crippen molar-refractivity contribution in [2.75, 3.05) is 0 Å². The van der Waals surface area contributed by atoms with Crippen LogP contribution < -0.4 is 0 Å². The summed E-state index contributed by atoms with van der Waals surface area (Å²) in [7, 11) is 0. The molecule has 4 heteroatoms. The normalized spacial score (nSPS) is 11.1. The fourth-order valence-corrected chi connectivity index (χ4v) is 3.61. The second-order valence-corrected chi connectivity index (χ2v) is 7.13. The topological polar surface area (TPSA) is 0 Å². The molecule has 4 rings (SSSR count). The highest BCUT2D eigenvalue weighted by Gasteiger charge is 2.17. The Morgan fingerprint density at radius 2 is 1.43 bits per heavy atom. The lowest BCUT2D eigenvalue weighted by Crippen LogP contribution is -1.95. The van der Waals surface area contributed by atoms with Crippen LogP contribution in [0.15, 0.2) is 79.4 Å². The number of halogens is 4. The van der Waals surface area contributed by atoms with Crippen LogP contribution in [-0.2, 0) is 6.42 Å². The second-order valence-electron chi connectivity index (χ2n) is 7.13. The van der Waals surface area contributed by atoms with Crippen molar-refractivity contribution in [3.05, 3.63) is 108 Å². The molecule has 0 radical (unpaired) electrons. The summed E-state index contributed by atoms with van der Waals surface area (Å²) in [6.07, 6.45) is 3.46. The molecular formula is C26H18F4. The maximum atomic E-state index is 15.2. The summed E-state index contributed by atoms with van der Waals surface area (Å²) >= 11 is 0. The van der Waals surface area contributed by atoms with Crippen molar-refractivity contribution in [2.24, 2.45) is 0 Å². The van der Waals surface area contributed by atoms with Crippen LogP contribution in [-0.4, -0.2) is 0 Å². The van der Waals surface area contributed by atoms with Crippen molar-refractivity contribution in [3.8, 4) is 22.3 Å². The predicted octanol–water partition coefficient (Wildman–Crippen LogP) is 7.85. The molecule has 0 N–H and O–H groups in total. The van der Waals surface area contributed by atoms with Gasteiger partial charge in [-0.1, -0.05) is 48.5 Å². The van der Waals surface area contributed by atoms with Gasteiger partial charge in [0.25, 0.3) is 0 Å². The van der Waals surface area contributed by atoms with Crippen LogP contribution in [0.4, 0.5) is 17.6 Å². The summed E-state index contributed by atoms with van der Waals surface area (Å²) in [6, 6.07) is 15.8. The minimum atomic E-state index is -0.837. The van der Waals surface area contributed by atoms with Crippen LogP contribution in [0.1, 0.15) is 12.0 Å². The van der Waals surface area contributed by atoms with Crippen LogP contribution in [0, 0.1) is 23.3 Å². The first-order chi connectivity index (χ1) is 14.5. The van der Waals surface area contributed by atoms with Gasteiger partial charge in [0.2, 0.25) is 0 Å². The molecule has 0 nitrogen and oxygen atoms in total. The molecule has 0 unspecified atom stereocenters. The summed E-state index contributed by atoms with van der Waals surface area (Å²) in [4.78, 5) is 0. The minimum absolute atomic E-state index is 0.103. The molecule has 0 spiro atoms. The summed E-state index contributed by atoms with van der Waals surface area (Å²) in [5, 5.41) is 1.11. The van der Waals surface area contributed by atoms with Crippen molar-refractivity contribution in [2.45, 2.75) is 12.8 Å². The molecule has 0 atom stereocenters. The van der Waals surface area contributed by atoms with Crippen molar-refractivity contribution in [1.29, 1.82) is 0 Å². The number of hydrogen-bond donors (Lipinski definition) is 0. The maximum absolute atomic E-state index is 15.2. The van der Waals surface area contributed by atoms with Crippen molar-refractivity contribution < 1.29 is 17.6 Å². The van der Waals surface area contributed by atoms with E-state index in [1.807, 2.05) is 18.2 Å². The molecule has 0 aliphatic rings. The Morgan fingerprint density at radius 1 is 0.733 bits per heavy atom. The highest BCUT2D eigenvalue weighted by Crippen LogP contribution is 2.34. The van der Waals surface area contributed by atoms with Crippen molar-refractivity contribution in [1.82, 2.24) is 0 Å². The van der Waals surface area contributed by atoms with E-state index in [1.54, 1.807) is 12.1 Å². The van der Waals surface area contributed by atoms with Crippen LogP contribution >= 0.6 is 0 Å². The lowest BCUT2D eigenvalue weighted by atomic mass is 9.95. The van der Waals surface area contributed by atoms with Crippen molar-refractivity contribution in [3.63, 3.8) is 0 Å². The number of aryl methyl sites for hydroxylation is 1. The zero-order chi connectivity index (χ0) is 21.3. The average Bonchev–Trinajstić information content (AvgIpc) is 2.73. The van der Waals surface area contributed by atoms with E-state index in [2.05, 4.69) is 6.58 Å². The smallest absolute Gasteiger partial charge is 0.138 e. The lowest BCUT2D eigenvalue weighted by Gasteiger charge is -2.11. The van der Waals surface area contributed by atoms with E-state index in [1.165, 1.54) is 18.2 Å².